The van der Waals surface area contributed by atoms with E-state index in [1.54, 1.807) is 72.8 Å². The van der Waals surface area contributed by atoms with Gasteiger partial charge in [-0.3, -0.25) is 9.59 Å². The number of ketones is 2. The van der Waals surface area contributed by atoms with Crippen LogP contribution in [-0.4, -0.2) is 17.7 Å². The van der Waals surface area contributed by atoms with E-state index in [-0.39, 0.29) is 17.7 Å². The molecular weight excluding hydrogens is 459 g/mol. The Labute approximate surface area is 204 Å². The lowest BCUT2D eigenvalue weighted by Crippen LogP contribution is -2.06. The van der Waals surface area contributed by atoms with Crippen LogP contribution in [0.2, 0.25) is 0 Å². The van der Waals surface area contributed by atoms with Crippen molar-refractivity contribution in [2.24, 2.45) is 0 Å². The molecule has 6 heteroatoms. The highest BCUT2D eigenvalue weighted by Crippen LogP contribution is 2.49. The van der Waals surface area contributed by atoms with Crippen LogP contribution in [0.5, 0.6) is 11.5 Å². The fourth-order valence-corrected chi connectivity index (χ4v) is 5.21. The van der Waals surface area contributed by atoms with Crippen molar-refractivity contribution < 1.29 is 23.2 Å². The smallest absolute Gasteiger partial charge is 0.416 e. The zero-order valence-corrected chi connectivity index (χ0v) is 20.2. The second-order valence-electron chi connectivity index (χ2n) is 7.96. The predicted octanol–water partition coefficient (Wildman–Crippen LogP) is 7.21. The molecule has 0 aliphatic carbocycles. The molecule has 4 aromatic rings. The van der Waals surface area contributed by atoms with Crippen LogP contribution in [0.15, 0.2) is 109 Å². The monoisotopic (exact) mass is 484 g/mol. The molecule has 0 heterocycles. The predicted molar refractivity (Wildman–Crippen MR) is 137 cm³/mol. The molecule has 35 heavy (non-hydrogen) atoms. The zero-order chi connectivity index (χ0) is 24.7. The topological polar surface area (TPSA) is 69.7 Å². The molecule has 0 amide bonds. The Kier molecular flexibility index (Phi) is 7.59. The van der Waals surface area contributed by atoms with Crippen molar-refractivity contribution in [3.63, 3.8) is 0 Å². The molecule has 0 radical (unpaired) electrons. The Hall–Kier alpha value is -3.95. The van der Waals surface area contributed by atoms with Gasteiger partial charge in [-0.25, -0.2) is 4.57 Å². The summed E-state index contributed by atoms with van der Waals surface area (Å²) in [6.07, 6.45) is 0.800. The highest BCUT2D eigenvalue weighted by molar-refractivity contribution is 7.54. The van der Waals surface area contributed by atoms with Gasteiger partial charge in [0.15, 0.2) is 11.6 Å². The number of carbonyl (C=O) groups is 2. The summed E-state index contributed by atoms with van der Waals surface area (Å²) >= 11 is 0. The van der Waals surface area contributed by atoms with Gasteiger partial charge in [0.2, 0.25) is 0 Å². The first-order valence-electron chi connectivity index (χ1n) is 11.4. The van der Waals surface area contributed by atoms with Gasteiger partial charge in [0.05, 0.1) is 6.16 Å². The van der Waals surface area contributed by atoms with Crippen molar-refractivity contribution in [2.75, 3.05) is 6.16 Å². The average Bonchev–Trinajstić information content (AvgIpc) is 2.90. The Balaban J connectivity index is 1.46. The van der Waals surface area contributed by atoms with E-state index >= 15 is 0 Å². The summed E-state index contributed by atoms with van der Waals surface area (Å²) < 4.78 is 25.0. The largest absolute Gasteiger partial charge is 0.430 e. The highest BCUT2D eigenvalue weighted by Gasteiger charge is 2.27. The van der Waals surface area contributed by atoms with E-state index < -0.39 is 7.60 Å². The lowest BCUT2D eigenvalue weighted by atomic mass is 10.0. The molecule has 4 aromatic carbocycles. The van der Waals surface area contributed by atoms with Gasteiger partial charge in [-0.1, -0.05) is 67.6 Å². The Bertz CT molecular complexity index is 1230. The van der Waals surface area contributed by atoms with Crippen LogP contribution in [-0.2, 0) is 4.57 Å². The average molecular weight is 484 g/mol. The molecular formula is C29H25O5P. The van der Waals surface area contributed by atoms with Gasteiger partial charge in [-0.2, -0.15) is 0 Å². The molecule has 0 atom stereocenters. The van der Waals surface area contributed by atoms with Gasteiger partial charge in [0, 0.05) is 22.3 Å². The lowest BCUT2D eigenvalue weighted by Gasteiger charge is -2.20. The number of benzene rings is 4. The third kappa shape index (κ3) is 6.14. The fraction of sp³-hybridized carbons (Fsp3) is 0.103. The standard InChI is InChI=1S/C29H25O5P/c1-2-21-35(32,33-26-17-13-24(14-18-26)28(30)22-9-5-3-6-10-22)34-27-19-15-25(16-20-27)29(31)23-11-7-4-8-12-23/h3-20H,2,21H2,1H3. The van der Waals surface area contributed by atoms with Crippen molar-refractivity contribution in [1.29, 1.82) is 0 Å². The Morgan fingerprint density at radius 1 is 0.571 bits per heavy atom. The first-order chi connectivity index (χ1) is 17.0. The van der Waals surface area contributed by atoms with E-state index in [2.05, 4.69) is 0 Å². The minimum atomic E-state index is -3.53. The van der Waals surface area contributed by atoms with E-state index in [4.69, 9.17) is 9.05 Å². The van der Waals surface area contributed by atoms with E-state index in [0.717, 1.165) is 0 Å². The van der Waals surface area contributed by atoms with Gasteiger partial charge >= 0.3 is 7.60 Å². The molecule has 0 aliphatic rings. The summed E-state index contributed by atoms with van der Waals surface area (Å²) in [6.45, 7) is 1.89. The van der Waals surface area contributed by atoms with Crippen molar-refractivity contribution in [3.8, 4) is 11.5 Å². The minimum absolute atomic E-state index is 0.102. The minimum Gasteiger partial charge on any atom is -0.416 e. The Morgan fingerprint density at radius 2 is 0.914 bits per heavy atom. The molecule has 0 saturated heterocycles. The van der Waals surface area contributed by atoms with Gasteiger partial charge < -0.3 is 9.05 Å². The first kappa shape index (κ1) is 24.2. The first-order valence-corrected chi connectivity index (χ1v) is 13.1. The van der Waals surface area contributed by atoms with Crippen LogP contribution >= 0.6 is 7.60 Å². The number of hydrogen-bond acceptors (Lipinski definition) is 5. The zero-order valence-electron chi connectivity index (χ0n) is 19.3. The molecule has 0 N–H and O–H groups in total. The quantitative estimate of drug-likeness (QED) is 0.176. The summed E-state index contributed by atoms with van der Waals surface area (Å²) in [5.41, 5.74) is 2.20. The van der Waals surface area contributed by atoms with Crippen molar-refractivity contribution >= 4 is 19.2 Å². The number of rotatable bonds is 10. The molecule has 0 unspecified atom stereocenters. The second-order valence-corrected chi connectivity index (χ2v) is 9.99. The lowest BCUT2D eigenvalue weighted by molar-refractivity contribution is 0.103. The summed E-state index contributed by atoms with van der Waals surface area (Å²) in [4.78, 5) is 25.2. The molecule has 0 aromatic heterocycles. The summed E-state index contributed by atoms with van der Waals surface area (Å²) in [5, 5.41) is 0. The molecule has 176 valence electrons. The fourth-order valence-electron chi connectivity index (χ4n) is 3.55. The van der Waals surface area contributed by atoms with Crippen LogP contribution in [0.4, 0.5) is 0 Å². The molecule has 0 bridgehead atoms. The van der Waals surface area contributed by atoms with Crippen molar-refractivity contribution in [2.45, 2.75) is 13.3 Å². The highest BCUT2D eigenvalue weighted by atomic mass is 31.2. The normalized spacial score (nSPS) is 11.0. The molecule has 0 fully saturated rings. The van der Waals surface area contributed by atoms with Crippen LogP contribution < -0.4 is 9.05 Å². The van der Waals surface area contributed by atoms with Crippen LogP contribution in [0.3, 0.4) is 0 Å². The maximum Gasteiger partial charge on any atom is 0.430 e. The van der Waals surface area contributed by atoms with Crippen molar-refractivity contribution in [1.82, 2.24) is 0 Å². The summed E-state index contributed by atoms with van der Waals surface area (Å²) in [5.74, 6) is 0.495. The summed E-state index contributed by atoms with van der Waals surface area (Å²) in [7, 11) is -3.53. The van der Waals surface area contributed by atoms with Gasteiger partial charge in [0.25, 0.3) is 0 Å². The third-order valence-corrected chi connectivity index (χ3v) is 7.26. The third-order valence-electron chi connectivity index (χ3n) is 5.29. The van der Waals surface area contributed by atoms with E-state index in [1.807, 2.05) is 43.3 Å². The van der Waals surface area contributed by atoms with E-state index in [1.165, 1.54) is 0 Å². The second kappa shape index (κ2) is 11.0. The van der Waals surface area contributed by atoms with Gasteiger partial charge in [-0.15, -0.1) is 0 Å². The number of hydrogen-bond donors (Lipinski definition) is 0. The van der Waals surface area contributed by atoms with E-state index in [9.17, 15) is 14.2 Å². The maximum atomic E-state index is 13.5. The number of carbonyl (C=O) groups excluding carboxylic acids is 2. The van der Waals surface area contributed by atoms with Crippen LogP contribution in [0.25, 0.3) is 0 Å². The molecule has 0 aliphatic heterocycles. The summed E-state index contributed by atoms with van der Waals surface area (Å²) in [6, 6.07) is 31.0. The van der Waals surface area contributed by atoms with Gasteiger partial charge in [0.1, 0.15) is 11.5 Å². The van der Waals surface area contributed by atoms with Crippen LogP contribution in [0.1, 0.15) is 45.2 Å². The molecule has 5 nitrogen and oxygen atoms in total. The van der Waals surface area contributed by atoms with Crippen molar-refractivity contribution in [3.05, 3.63) is 131 Å². The SMILES string of the molecule is CCCP(=O)(Oc1ccc(C(=O)c2ccccc2)cc1)Oc1ccc(C(=O)c2ccccc2)cc1. The molecule has 0 spiro atoms. The molecule has 4 rings (SSSR count). The molecule has 0 saturated carbocycles. The van der Waals surface area contributed by atoms with Gasteiger partial charge in [-0.05, 0) is 55.0 Å². The maximum absolute atomic E-state index is 13.5. The Morgan fingerprint density at radius 3 is 1.26 bits per heavy atom. The van der Waals surface area contributed by atoms with Crippen LogP contribution in [0, 0.1) is 0 Å². The van der Waals surface area contributed by atoms with E-state index in [0.29, 0.717) is 40.2 Å².